The van der Waals surface area contributed by atoms with Crippen molar-refractivity contribution in [2.75, 3.05) is 13.7 Å². The molecule has 0 radical (unpaired) electrons. The molecule has 1 aliphatic rings. The highest BCUT2D eigenvalue weighted by molar-refractivity contribution is 5.29. The number of hydroxylamine groups is 2. The molecular weight excluding hydrogens is 250 g/mol. The number of methoxy groups -OCH3 is 1. The summed E-state index contributed by atoms with van der Waals surface area (Å²) in [6, 6.07) is 18.6. The molecular formula is C17H19NO2. The predicted molar refractivity (Wildman–Crippen MR) is 78.3 cm³/mol. The first-order valence-corrected chi connectivity index (χ1v) is 6.98. The van der Waals surface area contributed by atoms with Gasteiger partial charge in [0.2, 0.25) is 0 Å². The Morgan fingerprint density at radius 2 is 1.80 bits per heavy atom. The van der Waals surface area contributed by atoms with Gasteiger partial charge in [-0.3, -0.25) is 4.84 Å². The van der Waals surface area contributed by atoms with E-state index in [1.54, 1.807) is 7.11 Å². The first-order chi connectivity index (χ1) is 9.86. The van der Waals surface area contributed by atoms with Gasteiger partial charge >= 0.3 is 0 Å². The van der Waals surface area contributed by atoms with Crippen LogP contribution in [0.15, 0.2) is 54.6 Å². The maximum atomic E-state index is 5.61. The minimum atomic E-state index is 0.122. The van der Waals surface area contributed by atoms with Gasteiger partial charge in [-0.05, 0) is 36.1 Å². The molecule has 1 fully saturated rings. The number of aryl methyl sites for hydroxylation is 1. The van der Waals surface area contributed by atoms with Crippen molar-refractivity contribution in [3.63, 3.8) is 0 Å². The summed E-state index contributed by atoms with van der Waals surface area (Å²) in [6.45, 7) is 0.964. The van der Waals surface area contributed by atoms with Gasteiger partial charge in [-0.15, -0.1) is 0 Å². The van der Waals surface area contributed by atoms with Crippen molar-refractivity contribution in [3.05, 3.63) is 65.7 Å². The van der Waals surface area contributed by atoms with Crippen LogP contribution in [0.5, 0.6) is 5.75 Å². The Morgan fingerprint density at radius 3 is 2.50 bits per heavy atom. The molecule has 0 bridgehead atoms. The highest BCUT2D eigenvalue weighted by Crippen LogP contribution is 2.37. The standard InChI is InChI=1S/C17H19NO2/c1-19-16-11-9-15(10-12-16)17-18(20-17)13-5-8-14-6-3-2-4-7-14/h2-4,6-7,9-12,17H,5,8,13H2,1H3. The fourth-order valence-corrected chi connectivity index (χ4v) is 2.35. The molecule has 2 aromatic rings. The third-order valence-corrected chi connectivity index (χ3v) is 3.54. The summed E-state index contributed by atoms with van der Waals surface area (Å²) in [5.74, 6) is 0.880. The summed E-state index contributed by atoms with van der Waals surface area (Å²) in [5.41, 5.74) is 2.57. The molecule has 0 saturated carbocycles. The third kappa shape index (κ3) is 3.18. The van der Waals surface area contributed by atoms with Gasteiger partial charge in [0.1, 0.15) is 5.75 Å². The quantitative estimate of drug-likeness (QED) is 0.749. The van der Waals surface area contributed by atoms with Crippen molar-refractivity contribution in [3.8, 4) is 5.75 Å². The number of hydrogen-bond donors (Lipinski definition) is 0. The Labute approximate surface area is 119 Å². The zero-order valence-corrected chi connectivity index (χ0v) is 11.7. The first-order valence-electron chi connectivity index (χ1n) is 6.98. The molecule has 1 saturated heterocycles. The fourth-order valence-electron chi connectivity index (χ4n) is 2.35. The minimum absolute atomic E-state index is 0.122. The molecule has 0 aromatic heterocycles. The summed E-state index contributed by atoms with van der Waals surface area (Å²) in [6.07, 6.45) is 2.32. The highest BCUT2D eigenvalue weighted by atomic mass is 16.8. The normalized spacial score (nSPS) is 20.6. The Morgan fingerprint density at radius 1 is 1.05 bits per heavy atom. The van der Waals surface area contributed by atoms with E-state index < -0.39 is 0 Å². The zero-order valence-electron chi connectivity index (χ0n) is 11.7. The van der Waals surface area contributed by atoms with Crippen molar-refractivity contribution in [2.24, 2.45) is 0 Å². The number of benzene rings is 2. The summed E-state index contributed by atoms with van der Waals surface area (Å²) in [5, 5.41) is 2.03. The van der Waals surface area contributed by atoms with E-state index in [4.69, 9.17) is 9.57 Å². The molecule has 0 amide bonds. The van der Waals surface area contributed by atoms with Crippen molar-refractivity contribution in [1.29, 1.82) is 0 Å². The van der Waals surface area contributed by atoms with Gasteiger partial charge in [-0.25, -0.2) is 0 Å². The van der Waals surface area contributed by atoms with Crippen molar-refractivity contribution < 1.29 is 9.57 Å². The van der Waals surface area contributed by atoms with Crippen LogP contribution in [0, 0.1) is 0 Å². The molecule has 0 spiro atoms. The van der Waals surface area contributed by atoms with Gasteiger partial charge in [-0.2, -0.15) is 5.06 Å². The maximum Gasteiger partial charge on any atom is 0.179 e. The van der Waals surface area contributed by atoms with E-state index in [1.165, 1.54) is 11.1 Å². The Balaban J connectivity index is 1.45. The predicted octanol–water partition coefficient (Wildman–Crippen LogP) is 3.57. The average Bonchev–Trinajstić information content (AvgIpc) is 3.28. The van der Waals surface area contributed by atoms with Gasteiger partial charge in [0.15, 0.2) is 6.23 Å². The monoisotopic (exact) mass is 269 g/mol. The van der Waals surface area contributed by atoms with Crippen LogP contribution < -0.4 is 4.74 Å². The molecule has 1 heterocycles. The lowest BCUT2D eigenvalue weighted by molar-refractivity contribution is 0.197. The number of hydrogen-bond acceptors (Lipinski definition) is 3. The molecule has 20 heavy (non-hydrogen) atoms. The second kappa shape index (κ2) is 6.07. The number of ether oxygens (including phenoxy) is 1. The van der Waals surface area contributed by atoms with Crippen LogP contribution in [0.25, 0.3) is 0 Å². The van der Waals surface area contributed by atoms with Crippen molar-refractivity contribution in [1.82, 2.24) is 5.06 Å². The molecule has 104 valence electrons. The van der Waals surface area contributed by atoms with Gasteiger partial charge in [0.05, 0.1) is 7.11 Å². The van der Waals surface area contributed by atoms with E-state index >= 15 is 0 Å². The van der Waals surface area contributed by atoms with Crippen LogP contribution in [0.1, 0.15) is 23.8 Å². The van der Waals surface area contributed by atoms with Crippen LogP contribution in [0.2, 0.25) is 0 Å². The summed E-state index contributed by atoms with van der Waals surface area (Å²) in [7, 11) is 1.68. The molecule has 3 heteroatoms. The summed E-state index contributed by atoms with van der Waals surface area (Å²) in [4.78, 5) is 5.61. The van der Waals surface area contributed by atoms with Crippen LogP contribution in [-0.4, -0.2) is 18.7 Å². The molecule has 1 aliphatic heterocycles. The van der Waals surface area contributed by atoms with E-state index in [1.807, 2.05) is 17.2 Å². The average molecular weight is 269 g/mol. The summed E-state index contributed by atoms with van der Waals surface area (Å²) >= 11 is 0. The van der Waals surface area contributed by atoms with Gasteiger partial charge in [0.25, 0.3) is 0 Å². The molecule has 3 rings (SSSR count). The maximum absolute atomic E-state index is 5.61. The first kappa shape index (κ1) is 13.2. The molecule has 2 aromatic carbocycles. The number of nitrogens with zero attached hydrogens (tertiary/aromatic N) is 1. The molecule has 0 N–H and O–H groups in total. The van der Waals surface area contributed by atoms with E-state index in [-0.39, 0.29) is 6.23 Å². The van der Waals surface area contributed by atoms with E-state index in [0.29, 0.717) is 0 Å². The largest absolute Gasteiger partial charge is 0.497 e. The summed E-state index contributed by atoms with van der Waals surface area (Å²) < 4.78 is 5.16. The topological polar surface area (TPSA) is 24.8 Å². The molecule has 3 nitrogen and oxygen atoms in total. The molecule has 2 atom stereocenters. The zero-order chi connectivity index (χ0) is 13.8. The SMILES string of the molecule is COc1ccc(C2ON2CCCc2ccccc2)cc1. The second-order valence-electron chi connectivity index (χ2n) is 4.96. The molecule has 2 unspecified atom stereocenters. The lowest BCUT2D eigenvalue weighted by atomic mass is 10.1. The van der Waals surface area contributed by atoms with Crippen molar-refractivity contribution >= 4 is 0 Å². The lowest BCUT2D eigenvalue weighted by Gasteiger charge is -2.02. The van der Waals surface area contributed by atoms with Crippen LogP contribution in [0.3, 0.4) is 0 Å². The van der Waals surface area contributed by atoms with Crippen LogP contribution in [-0.2, 0) is 11.3 Å². The van der Waals surface area contributed by atoms with Gasteiger partial charge < -0.3 is 4.74 Å². The fraction of sp³-hybridized carbons (Fsp3) is 0.294. The van der Waals surface area contributed by atoms with E-state index in [9.17, 15) is 0 Å². The van der Waals surface area contributed by atoms with Crippen molar-refractivity contribution in [2.45, 2.75) is 19.1 Å². The highest BCUT2D eigenvalue weighted by Gasteiger charge is 2.37. The Bertz CT molecular complexity index is 539. The van der Waals surface area contributed by atoms with E-state index in [2.05, 4.69) is 42.5 Å². The second-order valence-corrected chi connectivity index (χ2v) is 4.96. The Kier molecular flexibility index (Phi) is 4.00. The minimum Gasteiger partial charge on any atom is -0.497 e. The van der Waals surface area contributed by atoms with Crippen LogP contribution >= 0.6 is 0 Å². The van der Waals surface area contributed by atoms with Gasteiger partial charge in [-0.1, -0.05) is 42.5 Å². The smallest absolute Gasteiger partial charge is 0.179 e. The Hall–Kier alpha value is -1.84. The molecule has 0 aliphatic carbocycles. The van der Waals surface area contributed by atoms with E-state index in [0.717, 1.165) is 25.1 Å². The number of rotatable bonds is 6. The van der Waals surface area contributed by atoms with Gasteiger partial charge in [0, 0.05) is 6.54 Å². The lowest BCUT2D eigenvalue weighted by Crippen LogP contribution is -2.02. The van der Waals surface area contributed by atoms with Crippen LogP contribution in [0.4, 0.5) is 0 Å². The third-order valence-electron chi connectivity index (χ3n) is 3.54.